The Bertz CT molecular complexity index is 935. The molecule has 3 aromatic rings. The van der Waals surface area contributed by atoms with E-state index in [1.54, 1.807) is 12.1 Å². The summed E-state index contributed by atoms with van der Waals surface area (Å²) in [5.41, 5.74) is 0.652. The molecule has 0 aliphatic rings. The minimum absolute atomic E-state index is 0.130. The van der Waals surface area contributed by atoms with E-state index in [9.17, 15) is 9.59 Å². The van der Waals surface area contributed by atoms with Crippen LogP contribution >= 0.6 is 11.6 Å². The van der Waals surface area contributed by atoms with E-state index < -0.39 is 11.2 Å². The second-order valence-corrected chi connectivity index (χ2v) is 5.88. The van der Waals surface area contributed by atoms with Crippen molar-refractivity contribution in [3.8, 4) is 0 Å². The molecule has 0 aliphatic heterocycles. The molecular weight excluding hydrogens is 304 g/mol. The normalized spacial score (nSPS) is 11.5. The Hall–Kier alpha value is -2.34. The average Bonchev–Trinajstić information content (AvgIpc) is 2.91. The van der Waals surface area contributed by atoms with Crippen molar-refractivity contribution in [3.63, 3.8) is 0 Å². The fraction of sp³-hybridized carbons (Fsp3) is 0.267. The van der Waals surface area contributed by atoms with E-state index >= 15 is 0 Å². The molecule has 0 saturated heterocycles. The molecule has 0 fully saturated rings. The number of fused-ring (bicyclic) bond motifs is 1. The Balaban J connectivity index is 2.17. The molecule has 114 valence electrons. The first-order valence-corrected chi connectivity index (χ1v) is 7.30. The van der Waals surface area contributed by atoms with Crippen LogP contribution in [-0.4, -0.2) is 19.5 Å². The van der Waals surface area contributed by atoms with E-state index in [-0.39, 0.29) is 5.92 Å². The predicted octanol–water partition coefficient (Wildman–Crippen LogP) is 2.24. The summed E-state index contributed by atoms with van der Waals surface area (Å²) < 4.78 is 1.45. The SMILES string of the molecule is CC(C)c1nc2c([nH]1)c(=O)[nH]c(=O)n2Cc1ccc(Cl)cc1. The highest BCUT2D eigenvalue weighted by atomic mass is 35.5. The smallest absolute Gasteiger partial charge is 0.330 e. The Labute approximate surface area is 130 Å². The van der Waals surface area contributed by atoms with Crippen LogP contribution in [0, 0.1) is 0 Å². The molecule has 3 rings (SSSR count). The van der Waals surface area contributed by atoms with E-state index in [4.69, 9.17) is 11.6 Å². The van der Waals surface area contributed by atoms with Crippen LogP contribution in [0.5, 0.6) is 0 Å². The molecule has 0 spiro atoms. The molecule has 0 bridgehead atoms. The quantitative estimate of drug-likeness (QED) is 0.776. The van der Waals surface area contributed by atoms with Crippen molar-refractivity contribution in [2.75, 3.05) is 0 Å². The standard InChI is InChI=1S/C15H15ClN4O2/c1-8(2)12-17-11-13(18-12)20(15(22)19-14(11)21)7-9-3-5-10(16)6-4-9/h3-6,8H,7H2,1-2H3,(H,17,18)(H,19,21,22). The molecule has 2 heterocycles. The molecule has 0 unspecified atom stereocenters. The molecule has 6 nitrogen and oxygen atoms in total. The summed E-state index contributed by atoms with van der Waals surface area (Å²) in [7, 11) is 0. The third kappa shape index (κ3) is 2.57. The van der Waals surface area contributed by atoms with Gasteiger partial charge in [0, 0.05) is 10.9 Å². The number of hydrogen-bond acceptors (Lipinski definition) is 3. The molecule has 22 heavy (non-hydrogen) atoms. The van der Waals surface area contributed by atoms with Crippen molar-refractivity contribution in [1.82, 2.24) is 19.5 Å². The lowest BCUT2D eigenvalue weighted by Gasteiger charge is -2.06. The van der Waals surface area contributed by atoms with Gasteiger partial charge in [-0.1, -0.05) is 37.6 Å². The second-order valence-electron chi connectivity index (χ2n) is 5.45. The van der Waals surface area contributed by atoms with Crippen molar-refractivity contribution in [2.24, 2.45) is 0 Å². The van der Waals surface area contributed by atoms with Crippen molar-refractivity contribution < 1.29 is 0 Å². The summed E-state index contributed by atoms with van der Waals surface area (Å²) in [5.74, 6) is 0.807. The zero-order valence-corrected chi connectivity index (χ0v) is 12.9. The van der Waals surface area contributed by atoms with Crippen LogP contribution in [0.1, 0.15) is 31.2 Å². The van der Waals surface area contributed by atoms with Gasteiger partial charge in [0.2, 0.25) is 0 Å². The fourth-order valence-electron chi connectivity index (χ4n) is 2.25. The van der Waals surface area contributed by atoms with Crippen LogP contribution in [0.4, 0.5) is 0 Å². The van der Waals surface area contributed by atoms with Crippen molar-refractivity contribution in [3.05, 3.63) is 61.5 Å². The van der Waals surface area contributed by atoms with Gasteiger partial charge in [-0.05, 0) is 17.7 Å². The van der Waals surface area contributed by atoms with Crippen LogP contribution in [0.15, 0.2) is 33.9 Å². The highest BCUT2D eigenvalue weighted by Gasteiger charge is 2.14. The first-order chi connectivity index (χ1) is 10.5. The largest absolute Gasteiger partial charge is 0.336 e. The van der Waals surface area contributed by atoms with Crippen molar-refractivity contribution in [2.45, 2.75) is 26.3 Å². The van der Waals surface area contributed by atoms with Gasteiger partial charge in [-0.25, -0.2) is 9.78 Å². The number of benzene rings is 1. The maximum atomic E-state index is 12.1. The number of H-pyrrole nitrogens is 2. The van der Waals surface area contributed by atoms with Gasteiger partial charge < -0.3 is 4.98 Å². The van der Waals surface area contributed by atoms with Gasteiger partial charge in [-0.2, -0.15) is 0 Å². The molecule has 0 atom stereocenters. The number of aromatic amines is 2. The Morgan fingerprint density at radius 2 is 1.86 bits per heavy atom. The lowest BCUT2D eigenvalue weighted by molar-refractivity contribution is 0.743. The van der Waals surface area contributed by atoms with Crippen molar-refractivity contribution in [1.29, 1.82) is 0 Å². The van der Waals surface area contributed by atoms with E-state index in [1.165, 1.54) is 4.57 Å². The summed E-state index contributed by atoms with van der Waals surface area (Å²) in [6, 6.07) is 7.19. The maximum absolute atomic E-state index is 12.1. The van der Waals surface area contributed by atoms with E-state index in [0.717, 1.165) is 5.56 Å². The molecule has 2 N–H and O–H groups in total. The number of aromatic nitrogens is 4. The number of halogens is 1. The third-order valence-corrected chi connectivity index (χ3v) is 3.70. The average molecular weight is 319 g/mol. The molecular formula is C15H15ClN4O2. The van der Waals surface area contributed by atoms with Gasteiger partial charge in [-0.15, -0.1) is 0 Å². The van der Waals surface area contributed by atoms with E-state index in [0.29, 0.717) is 28.6 Å². The lowest BCUT2D eigenvalue weighted by atomic mass is 10.2. The fourth-order valence-corrected chi connectivity index (χ4v) is 2.38. The van der Waals surface area contributed by atoms with Gasteiger partial charge in [-0.3, -0.25) is 14.3 Å². The van der Waals surface area contributed by atoms with Crippen LogP contribution in [0.2, 0.25) is 5.02 Å². The topological polar surface area (TPSA) is 83.5 Å². The first kappa shape index (κ1) is 14.6. The molecule has 0 aliphatic carbocycles. The summed E-state index contributed by atoms with van der Waals surface area (Å²) in [6.45, 7) is 4.24. The summed E-state index contributed by atoms with van der Waals surface area (Å²) >= 11 is 5.87. The van der Waals surface area contributed by atoms with Crippen LogP contribution in [-0.2, 0) is 6.54 Å². The van der Waals surface area contributed by atoms with Crippen molar-refractivity contribution >= 4 is 22.8 Å². The van der Waals surface area contributed by atoms with Gasteiger partial charge in [0.1, 0.15) is 11.3 Å². The number of nitrogens with zero attached hydrogens (tertiary/aromatic N) is 2. The van der Waals surface area contributed by atoms with Crippen LogP contribution in [0.3, 0.4) is 0 Å². The Kier molecular flexibility index (Phi) is 3.62. The van der Waals surface area contributed by atoms with Crippen LogP contribution in [0.25, 0.3) is 11.2 Å². The number of imidazole rings is 1. The predicted molar refractivity (Wildman–Crippen MR) is 85.6 cm³/mol. The lowest BCUT2D eigenvalue weighted by Crippen LogP contribution is -2.30. The summed E-state index contributed by atoms with van der Waals surface area (Å²) in [5, 5.41) is 0.629. The maximum Gasteiger partial charge on any atom is 0.330 e. The van der Waals surface area contributed by atoms with Gasteiger partial charge in [0.25, 0.3) is 5.56 Å². The van der Waals surface area contributed by atoms with E-state index in [2.05, 4.69) is 15.0 Å². The Morgan fingerprint density at radius 3 is 2.50 bits per heavy atom. The zero-order valence-electron chi connectivity index (χ0n) is 12.2. The minimum atomic E-state index is -0.478. The number of hydrogen-bond donors (Lipinski definition) is 2. The Morgan fingerprint density at radius 1 is 1.18 bits per heavy atom. The summed E-state index contributed by atoms with van der Waals surface area (Å²) in [4.78, 5) is 33.8. The second kappa shape index (κ2) is 5.46. The molecule has 1 aromatic carbocycles. The van der Waals surface area contributed by atoms with Gasteiger partial charge >= 0.3 is 5.69 Å². The highest BCUT2D eigenvalue weighted by molar-refractivity contribution is 6.30. The summed E-state index contributed by atoms with van der Waals surface area (Å²) in [6.07, 6.45) is 0. The van der Waals surface area contributed by atoms with Gasteiger partial charge in [0.05, 0.1) is 6.54 Å². The monoisotopic (exact) mass is 318 g/mol. The molecule has 0 amide bonds. The minimum Gasteiger partial charge on any atom is -0.336 e. The number of nitrogens with one attached hydrogen (secondary N) is 2. The van der Waals surface area contributed by atoms with Crippen LogP contribution < -0.4 is 11.2 Å². The van der Waals surface area contributed by atoms with E-state index in [1.807, 2.05) is 26.0 Å². The van der Waals surface area contributed by atoms with Gasteiger partial charge in [0.15, 0.2) is 5.65 Å². The third-order valence-electron chi connectivity index (χ3n) is 3.45. The first-order valence-electron chi connectivity index (χ1n) is 6.93. The zero-order chi connectivity index (χ0) is 15.9. The molecule has 0 saturated carbocycles. The molecule has 7 heteroatoms. The molecule has 0 radical (unpaired) electrons. The molecule has 2 aromatic heterocycles. The highest BCUT2D eigenvalue weighted by Crippen LogP contribution is 2.15. The number of rotatable bonds is 3.